The first kappa shape index (κ1) is 19.8. The molecule has 1 amide bonds. The Morgan fingerprint density at radius 3 is 2.84 bits per heavy atom. The van der Waals surface area contributed by atoms with E-state index >= 15 is 0 Å². The molecule has 1 aliphatic heterocycles. The Bertz CT molecular complexity index is 1390. The van der Waals surface area contributed by atoms with Crippen molar-refractivity contribution in [3.63, 3.8) is 0 Å². The maximum absolute atomic E-state index is 13.1. The Morgan fingerprint density at radius 2 is 2.06 bits per heavy atom. The lowest BCUT2D eigenvalue weighted by atomic mass is 9.95. The Morgan fingerprint density at radius 1 is 1.29 bits per heavy atom. The van der Waals surface area contributed by atoms with E-state index in [1.807, 2.05) is 37.3 Å². The van der Waals surface area contributed by atoms with E-state index in [0.717, 1.165) is 33.5 Å². The summed E-state index contributed by atoms with van der Waals surface area (Å²) in [5.74, 6) is -0.277. The Labute approximate surface area is 182 Å². The first-order valence-electron chi connectivity index (χ1n) is 10.1. The predicted octanol–water partition coefficient (Wildman–Crippen LogP) is 3.80. The zero-order valence-electron chi connectivity index (χ0n) is 17.6. The maximum Gasteiger partial charge on any atom is 0.271 e. The normalized spacial score (nSPS) is 15.2. The molecule has 4 heterocycles. The molecule has 1 N–H and O–H groups in total. The number of rotatable bonds is 3. The number of carbonyl (C=O) groups excluding carboxylic acids is 1. The number of ether oxygens (including phenoxy) is 1. The second-order valence-electron chi connectivity index (χ2n) is 8.54. The SMILES string of the molecule is Cc1ccc(NC(=O)Cn2cnc3c(sc4nc5c(cc43)COC(C)(C)C5)c2=O)cc1. The number of aromatic nitrogens is 3. The topological polar surface area (TPSA) is 86.1 Å². The van der Waals surface area contributed by atoms with Crippen molar-refractivity contribution < 1.29 is 9.53 Å². The van der Waals surface area contributed by atoms with Crippen LogP contribution in [0.5, 0.6) is 0 Å². The summed E-state index contributed by atoms with van der Waals surface area (Å²) in [5.41, 5.74) is 3.99. The summed E-state index contributed by atoms with van der Waals surface area (Å²) in [6, 6.07) is 9.55. The van der Waals surface area contributed by atoms with Gasteiger partial charge in [0.1, 0.15) is 16.1 Å². The molecule has 7 nitrogen and oxygen atoms in total. The van der Waals surface area contributed by atoms with Gasteiger partial charge in [-0.2, -0.15) is 0 Å². The average Bonchev–Trinajstić information content (AvgIpc) is 3.08. The third-order valence-electron chi connectivity index (χ3n) is 5.47. The van der Waals surface area contributed by atoms with Crippen LogP contribution in [0.15, 0.2) is 41.5 Å². The van der Waals surface area contributed by atoms with E-state index in [1.54, 1.807) is 0 Å². The summed E-state index contributed by atoms with van der Waals surface area (Å²) in [6.45, 7) is 6.48. The maximum atomic E-state index is 13.1. The molecule has 5 rings (SSSR count). The van der Waals surface area contributed by atoms with Crippen LogP contribution in [0.4, 0.5) is 5.69 Å². The fraction of sp³-hybridized carbons (Fsp3) is 0.304. The first-order valence-corrected chi connectivity index (χ1v) is 10.9. The van der Waals surface area contributed by atoms with Gasteiger partial charge in [0.15, 0.2) is 0 Å². The van der Waals surface area contributed by atoms with Crippen molar-refractivity contribution >= 4 is 43.4 Å². The number of carbonyl (C=O) groups is 1. The first-order chi connectivity index (χ1) is 14.8. The zero-order valence-corrected chi connectivity index (χ0v) is 18.4. The van der Waals surface area contributed by atoms with E-state index in [2.05, 4.69) is 24.1 Å². The smallest absolute Gasteiger partial charge is 0.271 e. The average molecular weight is 435 g/mol. The highest BCUT2D eigenvalue weighted by Gasteiger charge is 2.28. The molecule has 0 atom stereocenters. The lowest BCUT2D eigenvalue weighted by Crippen LogP contribution is -2.32. The third-order valence-corrected chi connectivity index (χ3v) is 6.54. The summed E-state index contributed by atoms with van der Waals surface area (Å²) in [4.78, 5) is 35.6. The number of anilines is 1. The lowest BCUT2D eigenvalue weighted by Gasteiger charge is -2.30. The monoisotopic (exact) mass is 434 g/mol. The van der Waals surface area contributed by atoms with E-state index in [1.165, 1.54) is 22.2 Å². The summed E-state index contributed by atoms with van der Waals surface area (Å²) in [5, 5.41) is 3.67. The molecule has 1 aliphatic rings. The number of aryl methyl sites for hydroxylation is 1. The number of nitrogens with zero attached hydrogens (tertiary/aromatic N) is 3. The second-order valence-corrected chi connectivity index (χ2v) is 9.54. The van der Waals surface area contributed by atoms with Crippen LogP contribution in [0.3, 0.4) is 0 Å². The summed E-state index contributed by atoms with van der Waals surface area (Å²) in [7, 11) is 0. The molecule has 0 radical (unpaired) electrons. The molecular weight excluding hydrogens is 412 g/mol. The third kappa shape index (κ3) is 3.73. The molecule has 158 valence electrons. The lowest BCUT2D eigenvalue weighted by molar-refractivity contribution is -0.116. The van der Waals surface area contributed by atoms with Crippen molar-refractivity contribution in [2.75, 3.05) is 5.32 Å². The van der Waals surface area contributed by atoms with Gasteiger partial charge in [0, 0.05) is 23.1 Å². The van der Waals surface area contributed by atoms with Crippen LogP contribution in [-0.4, -0.2) is 26.0 Å². The largest absolute Gasteiger partial charge is 0.370 e. The van der Waals surface area contributed by atoms with E-state index in [0.29, 0.717) is 22.5 Å². The van der Waals surface area contributed by atoms with Gasteiger partial charge in [0.05, 0.1) is 29.7 Å². The Hall–Kier alpha value is -3.10. The number of nitrogens with one attached hydrogen (secondary N) is 1. The van der Waals surface area contributed by atoms with Crippen molar-refractivity contribution in [1.29, 1.82) is 0 Å². The van der Waals surface area contributed by atoms with Crippen molar-refractivity contribution in [2.24, 2.45) is 0 Å². The van der Waals surface area contributed by atoms with Crippen molar-refractivity contribution in [2.45, 2.75) is 45.9 Å². The number of hydrogen-bond acceptors (Lipinski definition) is 6. The number of benzene rings is 1. The van der Waals surface area contributed by atoms with E-state index in [-0.39, 0.29) is 23.6 Å². The van der Waals surface area contributed by atoms with Crippen molar-refractivity contribution in [1.82, 2.24) is 14.5 Å². The number of pyridine rings is 1. The van der Waals surface area contributed by atoms with Crippen LogP contribution in [-0.2, 0) is 29.1 Å². The molecule has 4 aromatic rings. The predicted molar refractivity (Wildman–Crippen MR) is 122 cm³/mol. The van der Waals surface area contributed by atoms with Gasteiger partial charge in [0.2, 0.25) is 5.91 Å². The van der Waals surface area contributed by atoms with Gasteiger partial charge in [0.25, 0.3) is 5.56 Å². The minimum Gasteiger partial charge on any atom is -0.370 e. The minimum atomic E-state index is -0.277. The van der Waals surface area contributed by atoms with Crippen LogP contribution < -0.4 is 10.9 Å². The number of amides is 1. The Balaban J connectivity index is 1.47. The Kier molecular flexibility index (Phi) is 4.64. The van der Waals surface area contributed by atoms with Gasteiger partial charge in [-0.05, 0) is 39.0 Å². The molecular formula is C23H22N4O3S. The molecule has 0 unspecified atom stereocenters. The fourth-order valence-corrected chi connectivity index (χ4v) is 4.86. The molecule has 0 saturated carbocycles. The highest BCUT2D eigenvalue weighted by atomic mass is 32.1. The van der Waals surface area contributed by atoms with Gasteiger partial charge in [-0.25, -0.2) is 9.97 Å². The number of hydrogen-bond donors (Lipinski definition) is 1. The molecule has 0 fully saturated rings. The molecule has 0 spiro atoms. The minimum absolute atomic E-state index is 0.101. The van der Waals surface area contributed by atoms with Crippen molar-refractivity contribution in [3.8, 4) is 0 Å². The fourth-order valence-electron chi connectivity index (χ4n) is 3.78. The van der Waals surface area contributed by atoms with Gasteiger partial charge < -0.3 is 10.1 Å². The molecule has 8 heteroatoms. The summed E-state index contributed by atoms with van der Waals surface area (Å²) >= 11 is 1.33. The zero-order chi connectivity index (χ0) is 21.8. The highest BCUT2D eigenvalue weighted by molar-refractivity contribution is 7.25. The molecule has 3 aromatic heterocycles. The van der Waals surface area contributed by atoms with Crippen molar-refractivity contribution in [3.05, 3.63) is 63.8 Å². The van der Waals surface area contributed by atoms with Crippen LogP contribution in [0, 0.1) is 6.92 Å². The second kappa shape index (κ2) is 7.25. The summed E-state index contributed by atoms with van der Waals surface area (Å²) in [6.07, 6.45) is 2.16. The molecule has 0 bridgehead atoms. The molecule has 0 saturated heterocycles. The molecule has 31 heavy (non-hydrogen) atoms. The van der Waals surface area contributed by atoms with Gasteiger partial charge in [-0.1, -0.05) is 17.7 Å². The summed E-state index contributed by atoms with van der Waals surface area (Å²) < 4.78 is 7.75. The van der Waals surface area contributed by atoms with E-state index in [4.69, 9.17) is 9.72 Å². The molecule has 0 aliphatic carbocycles. The van der Waals surface area contributed by atoms with E-state index < -0.39 is 0 Å². The highest BCUT2D eigenvalue weighted by Crippen LogP contribution is 2.34. The molecule has 1 aromatic carbocycles. The van der Waals surface area contributed by atoms with Gasteiger partial charge >= 0.3 is 0 Å². The van der Waals surface area contributed by atoms with Crippen LogP contribution in [0.1, 0.15) is 30.7 Å². The number of thiophene rings is 1. The van der Waals surface area contributed by atoms with Crippen LogP contribution in [0.2, 0.25) is 0 Å². The van der Waals surface area contributed by atoms with Gasteiger partial charge in [-0.15, -0.1) is 11.3 Å². The standard InChI is InChI=1S/C23H22N4O3S/c1-13-4-6-15(7-5-13)25-18(28)10-27-12-24-19-16-8-14-11-30-23(2,3)9-17(14)26-21(16)31-20(19)22(27)29/h4-8,12H,9-11H2,1-3H3,(H,25,28). The number of fused-ring (bicyclic) bond motifs is 4. The van der Waals surface area contributed by atoms with E-state index in [9.17, 15) is 9.59 Å². The van der Waals surface area contributed by atoms with Crippen LogP contribution >= 0.6 is 11.3 Å². The quantitative estimate of drug-likeness (QED) is 0.530. The van der Waals surface area contributed by atoms with Gasteiger partial charge in [-0.3, -0.25) is 14.2 Å². The van der Waals surface area contributed by atoms with Crippen LogP contribution in [0.25, 0.3) is 20.4 Å².